The summed E-state index contributed by atoms with van der Waals surface area (Å²) in [6, 6.07) is 15.3. The maximum Gasteiger partial charge on any atom is 0.321 e. The molecule has 0 N–H and O–H groups in total. The van der Waals surface area contributed by atoms with Gasteiger partial charge in [0, 0.05) is 23.7 Å². The first-order chi connectivity index (χ1) is 14.0. The lowest BCUT2D eigenvalue weighted by atomic mass is 9.94. The normalized spacial score (nSPS) is 14.2. The molecule has 0 saturated heterocycles. The Hall–Kier alpha value is -2.33. The van der Waals surface area contributed by atoms with Gasteiger partial charge in [-0.25, -0.2) is 0 Å². The number of ether oxygens (including phenoxy) is 1. The fraction of sp³-hybridized carbons (Fsp3) is 0.360. The number of hydrogen-bond donors (Lipinski definition) is 0. The van der Waals surface area contributed by atoms with Gasteiger partial charge < -0.3 is 4.74 Å². The topological polar surface area (TPSA) is 39.2 Å². The van der Waals surface area contributed by atoms with Crippen LogP contribution in [0.25, 0.3) is 10.8 Å². The Morgan fingerprint density at radius 2 is 1.86 bits per heavy atom. The number of esters is 1. The van der Waals surface area contributed by atoms with Crippen LogP contribution in [0.15, 0.2) is 59.8 Å². The predicted molar refractivity (Wildman–Crippen MR) is 120 cm³/mol. The van der Waals surface area contributed by atoms with Crippen molar-refractivity contribution in [1.29, 1.82) is 0 Å². The van der Waals surface area contributed by atoms with Crippen LogP contribution in [0, 0.1) is 0 Å². The van der Waals surface area contributed by atoms with Crippen molar-refractivity contribution in [3.05, 3.63) is 71.5 Å². The van der Waals surface area contributed by atoms with Crippen LogP contribution in [0.5, 0.6) is 0 Å². The molecule has 0 spiro atoms. The molecule has 0 amide bonds. The molecule has 3 aromatic rings. The second kappa shape index (κ2) is 8.19. The molecule has 0 unspecified atom stereocenters. The van der Waals surface area contributed by atoms with Crippen molar-refractivity contribution in [2.24, 2.45) is 0 Å². The first-order valence-corrected chi connectivity index (χ1v) is 11.1. The minimum Gasteiger partial charge on any atom is -0.465 e. The highest BCUT2D eigenvalue weighted by Crippen LogP contribution is 2.44. The largest absolute Gasteiger partial charge is 0.465 e. The monoisotopic (exact) mass is 405 g/mol. The minimum absolute atomic E-state index is 0.188. The molecule has 29 heavy (non-hydrogen) atoms. The lowest BCUT2D eigenvalue weighted by Crippen LogP contribution is -2.30. The van der Waals surface area contributed by atoms with E-state index < -0.39 is 4.75 Å². The van der Waals surface area contributed by atoms with E-state index in [-0.39, 0.29) is 5.97 Å². The summed E-state index contributed by atoms with van der Waals surface area (Å²) >= 11 is 1.55. The van der Waals surface area contributed by atoms with Crippen molar-refractivity contribution in [1.82, 2.24) is 4.98 Å². The lowest BCUT2D eigenvalue weighted by molar-refractivity contribution is -0.145. The second-order valence-electron chi connectivity index (χ2n) is 8.13. The Bertz CT molecular complexity index is 1040. The zero-order valence-corrected chi connectivity index (χ0v) is 18.1. The number of pyridine rings is 1. The first-order valence-electron chi connectivity index (χ1n) is 10.3. The highest BCUT2D eigenvalue weighted by Gasteiger charge is 2.31. The lowest BCUT2D eigenvalue weighted by Gasteiger charge is -2.23. The van der Waals surface area contributed by atoms with Gasteiger partial charge in [0.2, 0.25) is 0 Å². The molecule has 1 aliphatic carbocycles. The number of benzene rings is 2. The van der Waals surface area contributed by atoms with E-state index >= 15 is 0 Å². The molecule has 4 rings (SSSR count). The summed E-state index contributed by atoms with van der Waals surface area (Å²) in [6.45, 7) is 6.07. The van der Waals surface area contributed by atoms with E-state index in [4.69, 9.17) is 4.74 Å². The number of carbonyl (C=O) groups is 1. The Morgan fingerprint density at radius 3 is 2.59 bits per heavy atom. The van der Waals surface area contributed by atoms with Crippen LogP contribution in [-0.2, 0) is 16.0 Å². The van der Waals surface area contributed by atoms with Crippen LogP contribution in [0.1, 0.15) is 56.2 Å². The fourth-order valence-corrected chi connectivity index (χ4v) is 4.84. The van der Waals surface area contributed by atoms with Gasteiger partial charge in [0.05, 0.1) is 6.61 Å². The summed E-state index contributed by atoms with van der Waals surface area (Å²) in [5.41, 5.74) is 3.92. The first kappa shape index (κ1) is 20.0. The molecule has 1 heterocycles. The molecule has 1 aromatic heterocycles. The molecular weight excluding hydrogens is 378 g/mol. The molecule has 1 saturated carbocycles. The van der Waals surface area contributed by atoms with E-state index in [1.54, 1.807) is 18.0 Å². The summed E-state index contributed by atoms with van der Waals surface area (Å²) in [6.07, 6.45) is 7.11. The van der Waals surface area contributed by atoms with Crippen LogP contribution in [-0.4, -0.2) is 22.3 Å². The van der Waals surface area contributed by atoms with E-state index in [1.165, 1.54) is 34.7 Å². The minimum atomic E-state index is -0.649. The molecule has 0 bridgehead atoms. The highest BCUT2D eigenvalue weighted by atomic mass is 32.2. The molecule has 0 atom stereocenters. The van der Waals surface area contributed by atoms with Gasteiger partial charge in [-0.1, -0.05) is 36.4 Å². The van der Waals surface area contributed by atoms with Gasteiger partial charge in [-0.3, -0.25) is 9.78 Å². The summed E-state index contributed by atoms with van der Waals surface area (Å²) in [5.74, 6) is 0.538. The van der Waals surface area contributed by atoms with Crippen LogP contribution < -0.4 is 0 Å². The molecule has 3 nitrogen and oxygen atoms in total. The molecule has 4 heteroatoms. The Morgan fingerprint density at radius 1 is 1.10 bits per heavy atom. The van der Waals surface area contributed by atoms with Crippen molar-refractivity contribution < 1.29 is 9.53 Å². The third-order valence-electron chi connectivity index (χ3n) is 5.44. The molecule has 150 valence electrons. The number of nitrogens with zero attached hydrogens (tertiary/aromatic N) is 1. The maximum absolute atomic E-state index is 12.4. The molecule has 0 aliphatic heterocycles. The van der Waals surface area contributed by atoms with Gasteiger partial charge >= 0.3 is 5.97 Å². The number of aromatic nitrogens is 1. The number of thioether (sulfide) groups is 1. The van der Waals surface area contributed by atoms with Gasteiger partial charge in [-0.2, -0.15) is 0 Å². The van der Waals surface area contributed by atoms with Crippen molar-refractivity contribution in [3.8, 4) is 0 Å². The van der Waals surface area contributed by atoms with Gasteiger partial charge in [0.25, 0.3) is 0 Å². The Labute approximate surface area is 176 Å². The van der Waals surface area contributed by atoms with Crippen LogP contribution in [0.3, 0.4) is 0 Å². The van der Waals surface area contributed by atoms with Crippen molar-refractivity contribution in [2.45, 2.75) is 55.6 Å². The average molecular weight is 406 g/mol. The molecule has 2 aromatic carbocycles. The van der Waals surface area contributed by atoms with Crippen LogP contribution in [0.4, 0.5) is 0 Å². The zero-order chi connectivity index (χ0) is 20.4. The van der Waals surface area contributed by atoms with E-state index in [2.05, 4.69) is 41.4 Å². The number of carbonyl (C=O) groups excluding carboxylic acids is 1. The zero-order valence-electron chi connectivity index (χ0n) is 17.3. The maximum atomic E-state index is 12.4. The van der Waals surface area contributed by atoms with E-state index in [0.717, 1.165) is 22.8 Å². The van der Waals surface area contributed by atoms with Crippen molar-refractivity contribution >= 4 is 28.5 Å². The average Bonchev–Trinajstić information content (AvgIpc) is 3.55. The molecule has 1 aliphatic rings. The third kappa shape index (κ3) is 4.32. The number of hydrogen-bond acceptors (Lipinski definition) is 4. The highest BCUT2D eigenvalue weighted by molar-refractivity contribution is 8.01. The summed E-state index contributed by atoms with van der Waals surface area (Å²) in [7, 11) is 0. The molecule has 0 radical (unpaired) electrons. The summed E-state index contributed by atoms with van der Waals surface area (Å²) < 4.78 is 4.61. The SMILES string of the molecule is CCOC(=O)C(C)(C)Sc1ccncc1Cc1ccc(C2CC2)c2ccccc12. The molecular formula is C25H27NO2S. The summed E-state index contributed by atoms with van der Waals surface area (Å²) in [4.78, 5) is 17.8. The third-order valence-corrected chi connectivity index (χ3v) is 6.73. The number of fused-ring (bicyclic) bond motifs is 1. The van der Waals surface area contributed by atoms with Crippen LogP contribution in [0.2, 0.25) is 0 Å². The summed E-state index contributed by atoms with van der Waals surface area (Å²) in [5, 5.41) is 2.69. The Kier molecular flexibility index (Phi) is 5.64. The van der Waals surface area contributed by atoms with E-state index in [1.807, 2.05) is 33.0 Å². The van der Waals surface area contributed by atoms with Gasteiger partial charge in [0.1, 0.15) is 4.75 Å². The van der Waals surface area contributed by atoms with E-state index in [0.29, 0.717) is 6.61 Å². The van der Waals surface area contributed by atoms with Gasteiger partial charge in [-0.05, 0) is 73.1 Å². The predicted octanol–water partition coefficient (Wildman–Crippen LogP) is 6.14. The fourth-order valence-electron chi connectivity index (χ4n) is 3.76. The standard InChI is InChI=1S/C25H27NO2S/c1-4-28-24(27)25(2,3)29-23-13-14-26-16-19(23)15-18-11-12-21(17-9-10-17)22-8-6-5-7-20(18)22/h5-8,11-14,16-17H,4,9-10,15H2,1-3H3. The Balaban J connectivity index is 1.66. The van der Waals surface area contributed by atoms with E-state index in [9.17, 15) is 4.79 Å². The number of rotatable bonds is 7. The van der Waals surface area contributed by atoms with Gasteiger partial charge in [0.15, 0.2) is 0 Å². The smallest absolute Gasteiger partial charge is 0.321 e. The van der Waals surface area contributed by atoms with Gasteiger partial charge in [-0.15, -0.1) is 11.8 Å². The second-order valence-corrected chi connectivity index (χ2v) is 9.79. The molecule has 1 fully saturated rings. The quantitative estimate of drug-likeness (QED) is 0.350. The van der Waals surface area contributed by atoms with Crippen molar-refractivity contribution in [2.75, 3.05) is 6.61 Å². The van der Waals surface area contributed by atoms with Crippen molar-refractivity contribution in [3.63, 3.8) is 0 Å². The van der Waals surface area contributed by atoms with Crippen LogP contribution >= 0.6 is 11.8 Å².